The number of aryl methyl sites for hydroxylation is 1. The first-order valence-electron chi connectivity index (χ1n) is 11.6. The highest BCUT2D eigenvalue weighted by Crippen LogP contribution is 2.22. The number of amides is 2. The highest BCUT2D eigenvalue weighted by atomic mass is 16.5. The molecule has 8 nitrogen and oxygen atoms in total. The van der Waals surface area contributed by atoms with Crippen LogP contribution in [0.4, 0.5) is 0 Å². The van der Waals surface area contributed by atoms with Crippen LogP contribution in [0, 0.1) is 12.8 Å². The van der Waals surface area contributed by atoms with Gasteiger partial charge in [0.2, 0.25) is 5.91 Å². The lowest BCUT2D eigenvalue weighted by Crippen LogP contribution is -2.45. The number of benzene rings is 2. The molecule has 8 heteroatoms. The Morgan fingerprint density at radius 1 is 1.20 bits per heavy atom. The second kappa shape index (κ2) is 11.1. The van der Waals surface area contributed by atoms with Crippen LogP contribution < -0.4 is 15.5 Å². The minimum Gasteiger partial charge on any atom is -0.489 e. The van der Waals surface area contributed by atoms with Crippen LogP contribution in [0.2, 0.25) is 0 Å². The fraction of sp³-hybridized carbons (Fsp3) is 0.296. The number of nitrogens with zero attached hydrogens (tertiary/aromatic N) is 2. The monoisotopic (exact) mass is 474 g/mol. The van der Waals surface area contributed by atoms with Gasteiger partial charge in [-0.1, -0.05) is 24.3 Å². The number of fused-ring (bicyclic) bond motifs is 1. The summed E-state index contributed by atoms with van der Waals surface area (Å²) in [5, 5.41) is 13.1. The maximum absolute atomic E-state index is 12.9. The first kappa shape index (κ1) is 24.4. The van der Waals surface area contributed by atoms with Gasteiger partial charge < -0.3 is 15.0 Å². The van der Waals surface area contributed by atoms with Gasteiger partial charge in [0.05, 0.1) is 17.5 Å². The van der Waals surface area contributed by atoms with Gasteiger partial charge in [-0.15, -0.1) is 6.58 Å². The van der Waals surface area contributed by atoms with Crippen LogP contribution in [0.25, 0.3) is 10.9 Å². The molecule has 0 unspecified atom stereocenters. The van der Waals surface area contributed by atoms with Crippen LogP contribution in [-0.2, 0) is 11.4 Å². The van der Waals surface area contributed by atoms with Crippen molar-refractivity contribution in [3.8, 4) is 5.75 Å². The molecule has 0 spiro atoms. The van der Waals surface area contributed by atoms with Crippen molar-refractivity contribution < 1.29 is 19.5 Å². The van der Waals surface area contributed by atoms with Crippen molar-refractivity contribution in [2.75, 3.05) is 19.6 Å². The summed E-state index contributed by atoms with van der Waals surface area (Å²) in [5.41, 5.74) is 5.09. The summed E-state index contributed by atoms with van der Waals surface area (Å²) in [6, 6.07) is 16.5. The van der Waals surface area contributed by atoms with E-state index < -0.39 is 17.9 Å². The molecule has 1 aromatic heterocycles. The van der Waals surface area contributed by atoms with Crippen LogP contribution in [0.15, 0.2) is 67.3 Å². The van der Waals surface area contributed by atoms with Crippen molar-refractivity contribution in [1.29, 1.82) is 0 Å². The lowest BCUT2D eigenvalue weighted by atomic mass is 10.0. The fourth-order valence-electron chi connectivity index (χ4n) is 4.47. The molecule has 1 saturated heterocycles. The average molecular weight is 475 g/mol. The Morgan fingerprint density at radius 3 is 2.71 bits per heavy atom. The third-order valence-electron chi connectivity index (χ3n) is 6.25. The maximum Gasteiger partial charge on any atom is 0.251 e. The minimum absolute atomic E-state index is 0.279. The van der Waals surface area contributed by atoms with Crippen LogP contribution in [0.1, 0.15) is 28.0 Å². The number of rotatable bonds is 9. The largest absolute Gasteiger partial charge is 0.489 e. The quantitative estimate of drug-likeness (QED) is 0.250. The fourth-order valence-corrected chi connectivity index (χ4v) is 4.47. The molecule has 35 heavy (non-hydrogen) atoms. The van der Waals surface area contributed by atoms with E-state index in [1.807, 2.05) is 43.3 Å². The second-order valence-electron chi connectivity index (χ2n) is 8.75. The van der Waals surface area contributed by atoms with Gasteiger partial charge >= 0.3 is 0 Å². The van der Waals surface area contributed by atoms with E-state index in [-0.39, 0.29) is 5.91 Å². The molecule has 1 aliphatic rings. The summed E-state index contributed by atoms with van der Waals surface area (Å²) in [7, 11) is 0. The number of hydroxylamine groups is 1. The normalized spacial score (nSPS) is 17.8. The number of nitrogens with one attached hydrogen (secondary N) is 2. The molecule has 2 heterocycles. The Bertz CT molecular complexity index is 1210. The number of pyridine rings is 1. The number of para-hydroxylation sites is 1. The lowest BCUT2D eigenvalue weighted by molar-refractivity contribution is -0.133. The highest BCUT2D eigenvalue weighted by Gasteiger charge is 2.38. The number of hydrogen-bond acceptors (Lipinski definition) is 6. The molecule has 1 aliphatic heterocycles. The topological polar surface area (TPSA) is 104 Å². The predicted octanol–water partition coefficient (Wildman–Crippen LogP) is 3.23. The van der Waals surface area contributed by atoms with E-state index in [4.69, 9.17) is 9.94 Å². The molecule has 3 aromatic rings. The van der Waals surface area contributed by atoms with E-state index in [9.17, 15) is 9.59 Å². The van der Waals surface area contributed by atoms with Crippen LogP contribution in [0.3, 0.4) is 0 Å². The smallest absolute Gasteiger partial charge is 0.251 e. The molecule has 4 rings (SSSR count). The number of ether oxygens (including phenoxy) is 1. The maximum atomic E-state index is 12.9. The van der Waals surface area contributed by atoms with Crippen molar-refractivity contribution >= 4 is 22.7 Å². The highest BCUT2D eigenvalue weighted by molar-refractivity contribution is 5.95. The zero-order chi connectivity index (χ0) is 24.8. The molecule has 0 radical (unpaired) electrons. The van der Waals surface area contributed by atoms with Gasteiger partial charge in [-0.05, 0) is 49.7 Å². The molecular weight excluding hydrogens is 444 g/mol. The molecule has 3 N–H and O–H groups in total. The van der Waals surface area contributed by atoms with E-state index in [2.05, 4.69) is 21.8 Å². The number of carbonyl (C=O) groups excluding carboxylic acids is 2. The third-order valence-corrected chi connectivity index (χ3v) is 6.25. The minimum atomic E-state index is -0.532. The SMILES string of the molecule is C=CCCN1C[C@H](C(=O)NO)[C@H](NC(=O)c2ccc(OCc3cc(C)nc4ccccc34)cc2)C1. The van der Waals surface area contributed by atoms with Gasteiger partial charge in [0.25, 0.3) is 5.91 Å². The van der Waals surface area contributed by atoms with E-state index in [1.54, 1.807) is 29.7 Å². The summed E-state index contributed by atoms with van der Waals surface area (Å²) in [4.78, 5) is 31.6. The Morgan fingerprint density at radius 2 is 1.97 bits per heavy atom. The zero-order valence-corrected chi connectivity index (χ0v) is 19.7. The van der Waals surface area contributed by atoms with Gasteiger partial charge in [-0.2, -0.15) is 0 Å². The van der Waals surface area contributed by atoms with Gasteiger partial charge in [-0.25, -0.2) is 5.48 Å². The van der Waals surface area contributed by atoms with Gasteiger partial charge in [-0.3, -0.25) is 19.8 Å². The number of likely N-dealkylation sites (tertiary alicyclic amines) is 1. The average Bonchev–Trinajstić information content (AvgIpc) is 3.28. The summed E-state index contributed by atoms with van der Waals surface area (Å²) in [6.07, 6.45) is 2.60. The summed E-state index contributed by atoms with van der Waals surface area (Å²) < 4.78 is 5.98. The van der Waals surface area contributed by atoms with Crippen molar-refractivity contribution in [2.45, 2.75) is 26.0 Å². The molecule has 0 saturated carbocycles. The summed E-state index contributed by atoms with van der Waals surface area (Å²) in [5.74, 6) is -0.665. The van der Waals surface area contributed by atoms with Gasteiger partial charge in [0.15, 0.2) is 0 Å². The van der Waals surface area contributed by atoms with Crippen molar-refractivity contribution in [3.63, 3.8) is 0 Å². The third kappa shape index (κ3) is 5.85. The van der Waals surface area contributed by atoms with Gasteiger partial charge in [0.1, 0.15) is 12.4 Å². The molecule has 2 atom stereocenters. The zero-order valence-electron chi connectivity index (χ0n) is 19.7. The van der Waals surface area contributed by atoms with Crippen LogP contribution in [0.5, 0.6) is 5.75 Å². The lowest BCUT2D eigenvalue weighted by Gasteiger charge is -2.18. The molecular formula is C27H30N4O4. The number of aromatic nitrogens is 1. The molecule has 182 valence electrons. The molecule has 0 bridgehead atoms. The van der Waals surface area contributed by atoms with Crippen LogP contribution >= 0.6 is 0 Å². The van der Waals surface area contributed by atoms with E-state index in [0.29, 0.717) is 31.0 Å². The van der Waals surface area contributed by atoms with Crippen LogP contribution in [-0.4, -0.2) is 52.6 Å². The van der Waals surface area contributed by atoms with E-state index >= 15 is 0 Å². The summed E-state index contributed by atoms with van der Waals surface area (Å²) in [6.45, 7) is 7.79. The van der Waals surface area contributed by atoms with Crippen molar-refractivity contribution in [3.05, 3.63) is 84.1 Å². The van der Waals surface area contributed by atoms with E-state index in [1.165, 1.54) is 0 Å². The molecule has 0 aliphatic carbocycles. The first-order chi connectivity index (χ1) is 17.0. The predicted molar refractivity (Wildman–Crippen MR) is 133 cm³/mol. The number of hydrogen-bond donors (Lipinski definition) is 3. The number of carbonyl (C=O) groups is 2. The Labute approximate surface area is 204 Å². The van der Waals surface area contributed by atoms with E-state index in [0.717, 1.165) is 35.1 Å². The molecule has 2 aromatic carbocycles. The molecule has 2 amide bonds. The first-order valence-corrected chi connectivity index (χ1v) is 11.6. The van der Waals surface area contributed by atoms with Crippen molar-refractivity contribution in [2.24, 2.45) is 5.92 Å². The standard InChI is InChI=1S/C27H30N4O4/c1-3-4-13-31-15-23(27(33)30-34)25(16-31)29-26(32)19-9-11-21(12-10-19)35-17-20-14-18(2)28-24-8-6-5-7-22(20)24/h3,5-12,14,23,25,34H,1,4,13,15-17H2,2H3,(H,29,32)(H,30,33)/t23-,25+/m0/s1. The second-order valence-corrected chi connectivity index (χ2v) is 8.75. The van der Waals surface area contributed by atoms with Crippen molar-refractivity contribution in [1.82, 2.24) is 20.7 Å². The summed E-state index contributed by atoms with van der Waals surface area (Å²) >= 11 is 0. The molecule has 1 fully saturated rings. The Hall–Kier alpha value is -3.75. The van der Waals surface area contributed by atoms with Gasteiger partial charge in [0, 0.05) is 41.8 Å². The Kier molecular flexibility index (Phi) is 7.74. The Balaban J connectivity index is 1.39.